The van der Waals surface area contributed by atoms with Crippen LogP contribution in [0.4, 0.5) is 4.39 Å². The van der Waals surface area contributed by atoms with Gasteiger partial charge in [-0.15, -0.1) is 0 Å². The SMILES string of the molecule is CN1CCN(Cc2nc(-c3ccccc3F)oc2C(=O)O)CC1. The van der Waals surface area contributed by atoms with Crippen molar-refractivity contribution in [3.05, 3.63) is 41.5 Å². The van der Waals surface area contributed by atoms with Gasteiger partial charge in [-0.1, -0.05) is 12.1 Å². The molecule has 6 nitrogen and oxygen atoms in total. The van der Waals surface area contributed by atoms with Gasteiger partial charge in [0.2, 0.25) is 11.7 Å². The summed E-state index contributed by atoms with van der Waals surface area (Å²) in [7, 11) is 2.05. The Balaban J connectivity index is 1.88. The van der Waals surface area contributed by atoms with Gasteiger partial charge in [0, 0.05) is 32.7 Å². The van der Waals surface area contributed by atoms with Crippen molar-refractivity contribution >= 4 is 5.97 Å². The van der Waals surface area contributed by atoms with Gasteiger partial charge in [0.05, 0.1) is 5.56 Å². The van der Waals surface area contributed by atoms with E-state index in [2.05, 4.69) is 14.8 Å². The molecule has 122 valence electrons. The van der Waals surface area contributed by atoms with Crippen LogP contribution < -0.4 is 0 Å². The number of oxazole rings is 1. The molecule has 0 amide bonds. The van der Waals surface area contributed by atoms with Gasteiger partial charge in [-0.2, -0.15) is 0 Å². The molecule has 2 heterocycles. The second kappa shape index (κ2) is 6.47. The van der Waals surface area contributed by atoms with Crippen LogP contribution in [0.3, 0.4) is 0 Å². The fourth-order valence-corrected chi connectivity index (χ4v) is 2.59. The number of hydrogen-bond acceptors (Lipinski definition) is 5. The Kier molecular flexibility index (Phi) is 4.40. The second-order valence-electron chi connectivity index (χ2n) is 5.66. The summed E-state index contributed by atoms with van der Waals surface area (Å²) in [5, 5.41) is 9.31. The van der Waals surface area contributed by atoms with E-state index in [1.807, 2.05) is 7.05 Å². The number of carboxylic acids is 1. The Bertz CT molecular complexity index is 708. The van der Waals surface area contributed by atoms with Crippen LogP contribution in [0.25, 0.3) is 11.5 Å². The number of piperazine rings is 1. The Labute approximate surface area is 133 Å². The zero-order valence-corrected chi connectivity index (χ0v) is 12.8. The summed E-state index contributed by atoms with van der Waals surface area (Å²) >= 11 is 0. The molecule has 0 bridgehead atoms. The van der Waals surface area contributed by atoms with Gasteiger partial charge in [0.15, 0.2) is 0 Å². The molecule has 0 saturated carbocycles. The molecule has 1 saturated heterocycles. The van der Waals surface area contributed by atoms with Crippen LogP contribution in [0.5, 0.6) is 0 Å². The standard InChI is InChI=1S/C16H18FN3O3/c1-19-6-8-20(9-7-19)10-13-14(16(21)22)23-15(18-13)11-4-2-3-5-12(11)17/h2-5H,6-10H2,1H3,(H,21,22). The van der Waals surface area contributed by atoms with E-state index < -0.39 is 11.8 Å². The quantitative estimate of drug-likeness (QED) is 0.928. The molecule has 0 aliphatic carbocycles. The van der Waals surface area contributed by atoms with Crippen LogP contribution in [0.15, 0.2) is 28.7 Å². The van der Waals surface area contributed by atoms with E-state index in [9.17, 15) is 14.3 Å². The number of rotatable bonds is 4. The molecule has 1 aliphatic heterocycles. The van der Waals surface area contributed by atoms with Crippen LogP contribution >= 0.6 is 0 Å². The number of benzene rings is 1. The first kappa shape index (κ1) is 15.6. The molecule has 23 heavy (non-hydrogen) atoms. The highest BCUT2D eigenvalue weighted by Gasteiger charge is 2.24. The second-order valence-corrected chi connectivity index (χ2v) is 5.66. The zero-order valence-electron chi connectivity index (χ0n) is 12.8. The topological polar surface area (TPSA) is 69.8 Å². The lowest BCUT2D eigenvalue weighted by atomic mass is 10.2. The first-order valence-electron chi connectivity index (χ1n) is 7.43. The predicted molar refractivity (Wildman–Crippen MR) is 81.6 cm³/mol. The highest BCUT2D eigenvalue weighted by Crippen LogP contribution is 2.25. The van der Waals surface area contributed by atoms with Gasteiger partial charge >= 0.3 is 5.97 Å². The maximum absolute atomic E-state index is 13.9. The number of hydrogen-bond donors (Lipinski definition) is 1. The number of aromatic nitrogens is 1. The molecule has 1 fully saturated rings. The van der Waals surface area contributed by atoms with Crippen molar-refractivity contribution in [3.63, 3.8) is 0 Å². The fraction of sp³-hybridized carbons (Fsp3) is 0.375. The Morgan fingerprint density at radius 3 is 2.65 bits per heavy atom. The van der Waals surface area contributed by atoms with E-state index in [0.717, 1.165) is 26.2 Å². The highest BCUT2D eigenvalue weighted by atomic mass is 19.1. The van der Waals surface area contributed by atoms with Crippen molar-refractivity contribution < 1.29 is 18.7 Å². The number of carbonyl (C=O) groups is 1. The summed E-state index contributed by atoms with van der Waals surface area (Å²) in [6.45, 7) is 3.88. The first-order valence-corrected chi connectivity index (χ1v) is 7.43. The molecule has 0 radical (unpaired) electrons. The lowest BCUT2D eigenvalue weighted by Gasteiger charge is -2.31. The Morgan fingerprint density at radius 2 is 2.00 bits per heavy atom. The molecule has 3 rings (SSSR count). The van der Waals surface area contributed by atoms with Gasteiger partial charge < -0.3 is 14.4 Å². The van der Waals surface area contributed by atoms with Crippen LogP contribution in [-0.2, 0) is 6.54 Å². The molecule has 1 aromatic heterocycles. The van der Waals surface area contributed by atoms with Crippen molar-refractivity contribution in [2.75, 3.05) is 33.2 Å². The predicted octanol–water partition coefficient (Wildman–Crippen LogP) is 1.93. The van der Waals surface area contributed by atoms with Crippen LogP contribution in [-0.4, -0.2) is 59.1 Å². The van der Waals surface area contributed by atoms with Crippen molar-refractivity contribution in [1.29, 1.82) is 0 Å². The minimum atomic E-state index is -1.19. The molecular formula is C16H18FN3O3. The van der Waals surface area contributed by atoms with E-state index in [1.54, 1.807) is 12.1 Å². The third-order valence-electron chi connectivity index (χ3n) is 3.97. The zero-order chi connectivity index (χ0) is 16.4. The molecule has 7 heteroatoms. The molecule has 0 unspecified atom stereocenters. The summed E-state index contributed by atoms with van der Waals surface area (Å²) in [6, 6.07) is 6.03. The maximum atomic E-state index is 13.9. The minimum Gasteiger partial charge on any atom is -0.475 e. The van der Waals surface area contributed by atoms with Gasteiger partial charge in [-0.3, -0.25) is 4.90 Å². The summed E-state index contributed by atoms with van der Waals surface area (Å²) < 4.78 is 19.2. The van der Waals surface area contributed by atoms with E-state index >= 15 is 0 Å². The van der Waals surface area contributed by atoms with E-state index in [1.165, 1.54) is 12.1 Å². The molecular weight excluding hydrogens is 301 g/mol. The van der Waals surface area contributed by atoms with Crippen molar-refractivity contribution in [1.82, 2.24) is 14.8 Å². The third kappa shape index (κ3) is 3.40. The van der Waals surface area contributed by atoms with Crippen LogP contribution in [0.1, 0.15) is 16.2 Å². The molecule has 1 N–H and O–H groups in total. The average Bonchev–Trinajstić information content (AvgIpc) is 2.94. The molecule has 1 aliphatic rings. The van der Waals surface area contributed by atoms with Crippen LogP contribution in [0, 0.1) is 5.82 Å². The number of aromatic carboxylic acids is 1. The van der Waals surface area contributed by atoms with E-state index in [0.29, 0.717) is 12.2 Å². The Hall–Kier alpha value is -2.25. The number of halogens is 1. The summed E-state index contributed by atoms with van der Waals surface area (Å²) in [4.78, 5) is 20.0. The van der Waals surface area contributed by atoms with Gasteiger partial charge in [0.1, 0.15) is 11.5 Å². The van der Waals surface area contributed by atoms with Crippen molar-refractivity contribution in [2.24, 2.45) is 0 Å². The summed E-state index contributed by atoms with van der Waals surface area (Å²) in [5.74, 6) is -1.90. The Morgan fingerprint density at radius 1 is 1.30 bits per heavy atom. The normalized spacial score (nSPS) is 16.6. The minimum absolute atomic E-state index is 0.00428. The maximum Gasteiger partial charge on any atom is 0.373 e. The lowest BCUT2D eigenvalue weighted by molar-refractivity contribution is 0.0658. The molecule has 0 spiro atoms. The van der Waals surface area contributed by atoms with Crippen molar-refractivity contribution in [2.45, 2.75) is 6.54 Å². The largest absolute Gasteiger partial charge is 0.475 e. The number of likely N-dealkylation sites (N-methyl/N-ethyl adjacent to an activating group) is 1. The summed E-state index contributed by atoms with van der Waals surface area (Å²) in [6.07, 6.45) is 0. The first-order chi connectivity index (χ1) is 11.0. The van der Waals surface area contributed by atoms with E-state index in [4.69, 9.17) is 4.42 Å². The fourth-order valence-electron chi connectivity index (χ4n) is 2.59. The molecule has 2 aromatic rings. The number of nitrogens with zero attached hydrogens (tertiary/aromatic N) is 3. The van der Waals surface area contributed by atoms with Gasteiger partial charge in [-0.25, -0.2) is 14.2 Å². The summed E-state index contributed by atoms with van der Waals surface area (Å²) in [5.41, 5.74) is 0.500. The van der Waals surface area contributed by atoms with Crippen molar-refractivity contribution in [3.8, 4) is 11.5 Å². The lowest BCUT2D eigenvalue weighted by Crippen LogP contribution is -2.44. The monoisotopic (exact) mass is 319 g/mol. The molecule has 1 aromatic carbocycles. The third-order valence-corrected chi connectivity index (χ3v) is 3.97. The van der Waals surface area contributed by atoms with Gasteiger partial charge in [0.25, 0.3) is 0 Å². The van der Waals surface area contributed by atoms with Crippen LogP contribution in [0.2, 0.25) is 0 Å². The smallest absolute Gasteiger partial charge is 0.373 e. The number of carboxylic acid groups (broad SMARTS) is 1. The molecule has 0 atom stereocenters. The highest BCUT2D eigenvalue weighted by molar-refractivity contribution is 5.86. The van der Waals surface area contributed by atoms with Gasteiger partial charge in [-0.05, 0) is 19.2 Å². The average molecular weight is 319 g/mol. The van der Waals surface area contributed by atoms with E-state index in [-0.39, 0.29) is 17.2 Å².